The molecule has 0 N–H and O–H groups in total. The number of aryl methyl sites for hydroxylation is 1. The SMILES string of the molecule is CC(=O)C(=[N+]=[N-])C(=O)c1cccc[n+]1OS(=O)(=O)c1ccc(C)cc1. The highest BCUT2D eigenvalue weighted by atomic mass is 32.2. The minimum Gasteiger partial charge on any atom is -0.360 e. The number of Topliss-reactive ketones (excluding diaryl/α,β-unsaturated/α-hetero) is 2. The van der Waals surface area contributed by atoms with E-state index in [2.05, 4.69) is 4.79 Å². The molecule has 9 heteroatoms. The molecular weight excluding hydrogens is 346 g/mol. The average Bonchev–Trinajstić information content (AvgIpc) is 2.55. The van der Waals surface area contributed by atoms with Crippen LogP contribution in [0.5, 0.6) is 0 Å². The van der Waals surface area contributed by atoms with E-state index in [1.807, 2.05) is 0 Å². The van der Waals surface area contributed by atoms with Crippen molar-refractivity contribution in [3.63, 3.8) is 0 Å². The summed E-state index contributed by atoms with van der Waals surface area (Å²) in [5.41, 5.74) is 8.67. The normalized spacial score (nSPS) is 10.6. The summed E-state index contributed by atoms with van der Waals surface area (Å²) in [6.07, 6.45) is 1.19. The Morgan fingerprint density at radius 3 is 2.32 bits per heavy atom. The summed E-state index contributed by atoms with van der Waals surface area (Å²) < 4.78 is 30.4. The van der Waals surface area contributed by atoms with Crippen LogP contribution in [0.4, 0.5) is 0 Å². The Balaban J connectivity index is 2.45. The third-order valence-electron chi connectivity index (χ3n) is 3.19. The lowest BCUT2D eigenvalue weighted by Crippen LogP contribution is -2.51. The Bertz CT molecular complexity index is 991. The zero-order valence-corrected chi connectivity index (χ0v) is 14.2. The number of carbonyl (C=O) groups excluding carboxylic acids is 2. The molecule has 0 saturated carbocycles. The zero-order chi connectivity index (χ0) is 18.6. The van der Waals surface area contributed by atoms with E-state index < -0.39 is 27.4 Å². The third kappa shape index (κ3) is 4.03. The number of hydrogen-bond acceptors (Lipinski definition) is 5. The fourth-order valence-corrected chi connectivity index (χ4v) is 2.82. The highest BCUT2D eigenvalue weighted by Gasteiger charge is 2.37. The van der Waals surface area contributed by atoms with Crippen LogP contribution in [-0.4, -0.2) is 30.5 Å². The quantitative estimate of drug-likeness (QED) is 0.186. The molecule has 1 aromatic heterocycles. The highest BCUT2D eigenvalue weighted by Crippen LogP contribution is 2.10. The summed E-state index contributed by atoms with van der Waals surface area (Å²) in [6.45, 7) is 2.85. The molecule has 0 unspecified atom stereocenters. The van der Waals surface area contributed by atoms with Crippen LogP contribution in [-0.2, 0) is 14.9 Å². The topological polar surface area (TPSA) is 118 Å². The molecule has 0 saturated heterocycles. The van der Waals surface area contributed by atoms with Crippen LogP contribution in [0.2, 0.25) is 0 Å². The van der Waals surface area contributed by atoms with Crippen molar-refractivity contribution in [1.82, 2.24) is 0 Å². The number of ketones is 2. The maximum Gasteiger partial charge on any atom is 0.411 e. The Morgan fingerprint density at radius 1 is 1.12 bits per heavy atom. The maximum absolute atomic E-state index is 12.4. The summed E-state index contributed by atoms with van der Waals surface area (Å²) in [5.74, 6) is -1.75. The molecule has 0 fully saturated rings. The fraction of sp³-hybridized carbons (Fsp3) is 0.125. The largest absolute Gasteiger partial charge is 0.411 e. The third-order valence-corrected chi connectivity index (χ3v) is 4.40. The van der Waals surface area contributed by atoms with E-state index in [-0.39, 0.29) is 10.6 Å². The van der Waals surface area contributed by atoms with Gasteiger partial charge in [-0.05, 0) is 25.1 Å². The average molecular weight is 360 g/mol. The van der Waals surface area contributed by atoms with Crippen molar-refractivity contribution in [1.29, 1.82) is 0 Å². The molecule has 0 amide bonds. The molecule has 0 aliphatic heterocycles. The van der Waals surface area contributed by atoms with Gasteiger partial charge in [0.05, 0.1) is 0 Å². The first-order chi connectivity index (χ1) is 11.8. The Kier molecular flexibility index (Phi) is 5.21. The van der Waals surface area contributed by atoms with Gasteiger partial charge in [0.25, 0.3) is 0 Å². The molecule has 128 valence electrons. The predicted octanol–water partition coefficient (Wildman–Crippen LogP) is 0.543. The maximum atomic E-state index is 12.4. The van der Waals surface area contributed by atoms with Crippen LogP contribution in [0.1, 0.15) is 23.0 Å². The van der Waals surface area contributed by atoms with E-state index in [0.29, 0.717) is 4.73 Å². The summed E-state index contributed by atoms with van der Waals surface area (Å²) in [5, 5.41) is 0. The second-order valence-corrected chi connectivity index (χ2v) is 6.62. The van der Waals surface area contributed by atoms with Gasteiger partial charge in [-0.15, -0.1) is 4.28 Å². The molecule has 0 radical (unpaired) electrons. The van der Waals surface area contributed by atoms with Crippen LogP contribution in [0.25, 0.3) is 5.53 Å². The Morgan fingerprint density at radius 2 is 1.76 bits per heavy atom. The summed E-state index contributed by atoms with van der Waals surface area (Å²) in [6, 6.07) is 10.1. The number of nitrogens with zero attached hydrogens (tertiary/aromatic N) is 3. The van der Waals surface area contributed by atoms with Gasteiger partial charge >= 0.3 is 27.3 Å². The van der Waals surface area contributed by atoms with E-state index in [9.17, 15) is 18.0 Å². The van der Waals surface area contributed by atoms with Gasteiger partial charge in [-0.2, -0.15) is 13.2 Å². The van der Waals surface area contributed by atoms with E-state index in [1.54, 1.807) is 19.1 Å². The van der Waals surface area contributed by atoms with Crippen molar-refractivity contribution >= 4 is 27.4 Å². The number of rotatable bonds is 6. The first kappa shape index (κ1) is 18.2. The van der Waals surface area contributed by atoms with Crippen LogP contribution in [0, 0.1) is 6.92 Å². The van der Waals surface area contributed by atoms with E-state index >= 15 is 0 Å². The summed E-state index contributed by atoms with van der Waals surface area (Å²) >= 11 is 0. The molecular formula is C16H14N3O5S+. The number of pyridine rings is 1. The lowest BCUT2D eigenvalue weighted by molar-refractivity contribution is -0.857. The van der Waals surface area contributed by atoms with E-state index in [0.717, 1.165) is 12.5 Å². The molecule has 0 atom stereocenters. The van der Waals surface area contributed by atoms with Crippen molar-refractivity contribution in [2.45, 2.75) is 18.7 Å². The van der Waals surface area contributed by atoms with Crippen molar-refractivity contribution in [3.8, 4) is 0 Å². The zero-order valence-electron chi connectivity index (χ0n) is 13.4. The Labute approximate surface area is 144 Å². The van der Waals surface area contributed by atoms with E-state index in [4.69, 9.17) is 9.81 Å². The summed E-state index contributed by atoms with van der Waals surface area (Å²) in [7, 11) is -4.22. The number of carbonyl (C=O) groups is 2. The monoisotopic (exact) mass is 360 g/mol. The van der Waals surface area contributed by atoms with Crippen molar-refractivity contribution in [2.24, 2.45) is 0 Å². The van der Waals surface area contributed by atoms with Gasteiger partial charge in [-0.25, -0.2) is 0 Å². The van der Waals surface area contributed by atoms with Crippen LogP contribution >= 0.6 is 0 Å². The van der Waals surface area contributed by atoms with Crippen LogP contribution in [0.3, 0.4) is 0 Å². The lowest BCUT2D eigenvalue weighted by Gasteiger charge is -2.02. The van der Waals surface area contributed by atoms with Crippen LogP contribution in [0.15, 0.2) is 53.6 Å². The van der Waals surface area contributed by atoms with Crippen molar-refractivity contribution in [3.05, 3.63) is 65.4 Å². The molecule has 25 heavy (non-hydrogen) atoms. The smallest absolute Gasteiger partial charge is 0.360 e. The van der Waals surface area contributed by atoms with Crippen molar-refractivity contribution < 1.29 is 31.8 Å². The molecule has 0 bridgehead atoms. The first-order valence-electron chi connectivity index (χ1n) is 7.06. The highest BCUT2D eigenvalue weighted by molar-refractivity contribution is 7.86. The predicted molar refractivity (Wildman–Crippen MR) is 85.2 cm³/mol. The molecule has 8 nitrogen and oxygen atoms in total. The van der Waals surface area contributed by atoms with E-state index in [1.165, 1.54) is 36.5 Å². The molecule has 0 spiro atoms. The van der Waals surface area contributed by atoms with Gasteiger partial charge in [-0.3, -0.25) is 9.59 Å². The molecule has 1 aromatic carbocycles. The number of hydrogen-bond donors (Lipinski definition) is 0. The minimum absolute atomic E-state index is 0.101. The lowest BCUT2D eigenvalue weighted by atomic mass is 10.1. The molecule has 0 aliphatic rings. The second kappa shape index (κ2) is 7.16. The van der Waals surface area contributed by atoms with Gasteiger partial charge in [0, 0.05) is 23.8 Å². The van der Waals surface area contributed by atoms with Gasteiger partial charge in [-0.1, -0.05) is 17.7 Å². The van der Waals surface area contributed by atoms with Crippen molar-refractivity contribution in [2.75, 3.05) is 0 Å². The molecule has 0 aliphatic carbocycles. The summed E-state index contributed by atoms with van der Waals surface area (Å²) in [4.78, 5) is 26.2. The number of aromatic nitrogens is 1. The molecule has 2 rings (SSSR count). The second-order valence-electron chi connectivity index (χ2n) is 5.09. The first-order valence-corrected chi connectivity index (χ1v) is 8.47. The van der Waals surface area contributed by atoms with Gasteiger partial charge < -0.3 is 5.53 Å². The standard InChI is InChI=1S/C16H14N3O5S/c1-11-6-8-13(9-7-11)25(22,23)24-19-10-4-3-5-14(19)16(21)15(18-17)12(2)20/h3-10H,1-2H3/q+1. The van der Waals surface area contributed by atoms with Gasteiger partial charge in [0.15, 0.2) is 0 Å². The molecule has 1 heterocycles. The number of benzene rings is 1. The van der Waals surface area contributed by atoms with Crippen LogP contribution < -0.4 is 9.01 Å². The Hall–Kier alpha value is -3.16. The molecule has 2 aromatic rings. The minimum atomic E-state index is -4.22. The van der Waals surface area contributed by atoms with Gasteiger partial charge in [0.2, 0.25) is 12.0 Å². The fourth-order valence-electron chi connectivity index (χ4n) is 1.92. The van der Waals surface area contributed by atoms with Gasteiger partial charge in [0.1, 0.15) is 4.90 Å².